The summed E-state index contributed by atoms with van der Waals surface area (Å²) < 4.78 is 3.65. The van der Waals surface area contributed by atoms with Gasteiger partial charge in [-0.3, -0.25) is 0 Å². The minimum absolute atomic E-state index is 0.0239. The van der Waals surface area contributed by atoms with Gasteiger partial charge in [-0.05, 0) is 59.5 Å². The Balaban J connectivity index is 1.93. The van der Waals surface area contributed by atoms with E-state index in [1.165, 1.54) is 38.2 Å². The van der Waals surface area contributed by atoms with E-state index in [0.29, 0.717) is 0 Å². The molecule has 0 bridgehead atoms. The summed E-state index contributed by atoms with van der Waals surface area (Å²) in [5, 5.41) is 3.73. The SMILES string of the molecule is Cc1ccn2c(Cc3csc4cccc(C)c34)c(C(C)(C)C)nc2c1. The molecule has 3 aromatic heterocycles. The van der Waals surface area contributed by atoms with Crippen LogP contribution in [0, 0.1) is 13.8 Å². The number of fused-ring (bicyclic) bond motifs is 2. The monoisotopic (exact) mass is 348 g/mol. The van der Waals surface area contributed by atoms with Gasteiger partial charge in [0.05, 0.1) is 11.4 Å². The summed E-state index contributed by atoms with van der Waals surface area (Å²) in [7, 11) is 0. The Morgan fingerprint density at radius 3 is 2.68 bits per heavy atom. The maximum Gasteiger partial charge on any atom is 0.137 e. The molecule has 0 saturated heterocycles. The average molecular weight is 349 g/mol. The first-order chi connectivity index (χ1) is 11.8. The molecule has 2 nitrogen and oxygen atoms in total. The van der Waals surface area contributed by atoms with Crippen LogP contribution in [0.1, 0.15) is 48.8 Å². The van der Waals surface area contributed by atoms with Crippen LogP contribution in [0.15, 0.2) is 41.9 Å². The van der Waals surface area contributed by atoms with Gasteiger partial charge in [-0.2, -0.15) is 0 Å². The summed E-state index contributed by atoms with van der Waals surface area (Å²) >= 11 is 1.84. The van der Waals surface area contributed by atoms with E-state index in [4.69, 9.17) is 4.98 Å². The van der Waals surface area contributed by atoms with E-state index in [-0.39, 0.29) is 5.41 Å². The third-order valence-electron chi connectivity index (χ3n) is 4.83. The molecule has 0 fully saturated rings. The molecule has 0 spiro atoms. The summed E-state index contributed by atoms with van der Waals surface area (Å²) in [6.45, 7) is 11.1. The van der Waals surface area contributed by atoms with Crippen LogP contribution in [0.25, 0.3) is 15.7 Å². The molecular formula is C22H24N2S. The van der Waals surface area contributed by atoms with Crippen molar-refractivity contribution in [2.45, 2.75) is 46.5 Å². The number of thiophene rings is 1. The summed E-state index contributed by atoms with van der Waals surface area (Å²) in [5.41, 5.74) is 7.60. The van der Waals surface area contributed by atoms with Gasteiger partial charge in [0.1, 0.15) is 5.65 Å². The van der Waals surface area contributed by atoms with E-state index in [1.807, 2.05) is 11.3 Å². The molecule has 3 heterocycles. The number of aryl methyl sites for hydroxylation is 2. The van der Waals surface area contributed by atoms with Gasteiger partial charge < -0.3 is 4.40 Å². The van der Waals surface area contributed by atoms with E-state index in [9.17, 15) is 0 Å². The number of benzene rings is 1. The van der Waals surface area contributed by atoms with Crippen molar-refractivity contribution in [3.63, 3.8) is 0 Å². The number of hydrogen-bond donors (Lipinski definition) is 0. The molecule has 128 valence electrons. The normalized spacial score (nSPS) is 12.4. The van der Waals surface area contributed by atoms with Crippen LogP contribution in [0.4, 0.5) is 0 Å². The molecule has 4 aromatic rings. The summed E-state index contributed by atoms with van der Waals surface area (Å²) in [6, 6.07) is 10.9. The second-order valence-electron chi connectivity index (χ2n) is 7.98. The second-order valence-corrected chi connectivity index (χ2v) is 8.89. The highest BCUT2D eigenvalue weighted by Gasteiger charge is 2.24. The molecule has 0 aliphatic carbocycles. The van der Waals surface area contributed by atoms with Crippen LogP contribution >= 0.6 is 11.3 Å². The molecule has 0 radical (unpaired) electrons. The maximum atomic E-state index is 4.99. The minimum atomic E-state index is 0.0239. The fraction of sp³-hybridized carbons (Fsp3) is 0.318. The second kappa shape index (κ2) is 5.70. The Bertz CT molecular complexity index is 1080. The molecule has 0 aliphatic heterocycles. The average Bonchev–Trinajstić information content (AvgIpc) is 3.10. The van der Waals surface area contributed by atoms with Crippen molar-refractivity contribution in [3.05, 3.63) is 70.0 Å². The van der Waals surface area contributed by atoms with Crippen LogP contribution in [0.5, 0.6) is 0 Å². The number of imidazole rings is 1. The van der Waals surface area contributed by atoms with E-state index in [1.54, 1.807) is 0 Å². The molecule has 3 heteroatoms. The van der Waals surface area contributed by atoms with Crippen LogP contribution in [0.2, 0.25) is 0 Å². The van der Waals surface area contributed by atoms with Gasteiger partial charge in [-0.1, -0.05) is 32.9 Å². The number of nitrogens with zero attached hydrogens (tertiary/aromatic N) is 2. The molecule has 0 aliphatic rings. The Hall–Kier alpha value is -2.13. The van der Waals surface area contributed by atoms with Crippen molar-refractivity contribution in [1.29, 1.82) is 0 Å². The molecule has 0 unspecified atom stereocenters. The quantitative estimate of drug-likeness (QED) is 0.431. The zero-order chi connectivity index (χ0) is 17.8. The molecule has 1 aromatic carbocycles. The Kier molecular flexibility index (Phi) is 3.73. The molecule has 0 amide bonds. The summed E-state index contributed by atoms with van der Waals surface area (Å²) in [6.07, 6.45) is 3.09. The molecule has 0 atom stereocenters. The van der Waals surface area contributed by atoms with Crippen molar-refractivity contribution in [2.75, 3.05) is 0 Å². The van der Waals surface area contributed by atoms with Crippen molar-refractivity contribution < 1.29 is 0 Å². The van der Waals surface area contributed by atoms with Crippen LogP contribution in [-0.4, -0.2) is 9.38 Å². The third-order valence-corrected chi connectivity index (χ3v) is 5.83. The van der Waals surface area contributed by atoms with Crippen LogP contribution in [-0.2, 0) is 11.8 Å². The molecule has 0 N–H and O–H groups in total. The highest BCUT2D eigenvalue weighted by molar-refractivity contribution is 7.17. The lowest BCUT2D eigenvalue weighted by Gasteiger charge is -2.18. The van der Waals surface area contributed by atoms with E-state index < -0.39 is 0 Å². The first-order valence-corrected chi connectivity index (χ1v) is 9.66. The number of pyridine rings is 1. The molecular weight excluding hydrogens is 324 g/mol. The Labute approximate surface area is 153 Å². The maximum absolute atomic E-state index is 4.99. The van der Waals surface area contributed by atoms with Gasteiger partial charge in [0.25, 0.3) is 0 Å². The Morgan fingerprint density at radius 2 is 1.92 bits per heavy atom. The lowest BCUT2D eigenvalue weighted by molar-refractivity contribution is 0.566. The number of hydrogen-bond acceptors (Lipinski definition) is 2. The van der Waals surface area contributed by atoms with E-state index in [2.05, 4.69) is 80.9 Å². The predicted octanol–water partition coefficient (Wildman–Crippen LogP) is 6.05. The van der Waals surface area contributed by atoms with Gasteiger partial charge in [-0.25, -0.2) is 4.98 Å². The number of aromatic nitrogens is 2. The Morgan fingerprint density at radius 1 is 1.12 bits per heavy atom. The molecule has 25 heavy (non-hydrogen) atoms. The van der Waals surface area contributed by atoms with Gasteiger partial charge in [-0.15, -0.1) is 11.3 Å². The fourth-order valence-corrected chi connectivity index (χ4v) is 4.66. The standard InChI is InChI=1S/C22H24N2S/c1-14-9-10-24-17(21(22(3,4)5)23-19(24)11-14)12-16-13-25-18-8-6-7-15(2)20(16)18/h6-11,13H,12H2,1-5H3. The third kappa shape index (κ3) is 2.77. The van der Waals surface area contributed by atoms with Crippen molar-refractivity contribution in [1.82, 2.24) is 9.38 Å². The summed E-state index contributed by atoms with van der Waals surface area (Å²) in [5.74, 6) is 0. The smallest absolute Gasteiger partial charge is 0.137 e. The minimum Gasteiger partial charge on any atom is -0.303 e. The lowest BCUT2D eigenvalue weighted by Crippen LogP contribution is -2.15. The first kappa shape index (κ1) is 16.3. The topological polar surface area (TPSA) is 17.3 Å². The molecule has 4 rings (SSSR count). The lowest BCUT2D eigenvalue weighted by atomic mass is 9.89. The van der Waals surface area contributed by atoms with E-state index >= 15 is 0 Å². The van der Waals surface area contributed by atoms with Gasteiger partial charge >= 0.3 is 0 Å². The van der Waals surface area contributed by atoms with Gasteiger partial charge in [0, 0.05) is 22.7 Å². The van der Waals surface area contributed by atoms with Crippen LogP contribution in [0.3, 0.4) is 0 Å². The largest absolute Gasteiger partial charge is 0.303 e. The van der Waals surface area contributed by atoms with Crippen molar-refractivity contribution in [2.24, 2.45) is 0 Å². The van der Waals surface area contributed by atoms with Crippen molar-refractivity contribution >= 4 is 27.1 Å². The fourth-order valence-electron chi connectivity index (χ4n) is 3.62. The van der Waals surface area contributed by atoms with Gasteiger partial charge in [0.2, 0.25) is 0 Å². The molecule has 0 saturated carbocycles. The van der Waals surface area contributed by atoms with Crippen LogP contribution < -0.4 is 0 Å². The summed E-state index contributed by atoms with van der Waals surface area (Å²) in [4.78, 5) is 4.99. The van der Waals surface area contributed by atoms with Crippen molar-refractivity contribution in [3.8, 4) is 0 Å². The number of rotatable bonds is 2. The highest BCUT2D eigenvalue weighted by Crippen LogP contribution is 2.33. The highest BCUT2D eigenvalue weighted by atomic mass is 32.1. The first-order valence-electron chi connectivity index (χ1n) is 8.78. The zero-order valence-electron chi connectivity index (χ0n) is 15.6. The predicted molar refractivity (Wildman–Crippen MR) is 108 cm³/mol. The van der Waals surface area contributed by atoms with Gasteiger partial charge in [0.15, 0.2) is 0 Å². The zero-order valence-corrected chi connectivity index (χ0v) is 16.4. The van der Waals surface area contributed by atoms with E-state index in [0.717, 1.165) is 12.1 Å².